The zero-order chi connectivity index (χ0) is 15.4. The molecule has 0 spiro atoms. The number of aliphatic carboxylic acids is 2. The summed E-state index contributed by atoms with van der Waals surface area (Å²) in [6.45, 7) is -0.789. The van der Waals surface area contributed by atoms with Crippen molar-refractivity contribution in [3.63, 3.8) is 0 Å². The highest BCUT2D eigenvalue weighted by molar-refractivity contribution is 5.66. The molecule has 0 saturated heterocycles. The molecule has 1 heterocycles. The largest absolute Gasteiger partial charge is 0.481 e. The minimum absolute atomic E-state index is 0.395. The predicted octanol–water partition coefficient (Wildman–Crippen LogP) is -2.34. The summed E-state index contributed by atoms with van der Waals surface area (Å²) in [4.78, 5) is 56.3. The van der Waals surface area contributed by atoms with Gasteiger partial charge in [-0.3, -0.25) is 9.59 Å². The van der Waals surface area contributed by atoms with Gasteiger partial charge < -0.3 is 10.2 Å². The molecule has 2 N–H and O–H groups in total. The smallest absolute Gasteiger partial charge is 0.336 e. The molecule has 10 nitrogen and oxygen atoms in total. The van der Waals surface area contributed by atoms with Gasteiger partial charge in [0, 0.05) is 20.1 Å². The Morgan fingerprint density at radius 3 is 1.50 bits per heavy atom. The van der Waals surface area contributed by atoms with Crippen LogP contribution in [-0.2, 0) is 29.7 Å². The van der Waals surface area contributed by atoms with Crippen LogP contribution in [0.2, 0.25) is 0 Å². The Bertz CT molecular complexity index is 653. The van der Waals surface area contributed by atoms with E-state index in [-0.39, 0.29) is 0 Å². The van der Waals surface area contributed by atoms with Crippen LogP contribution in [0.1, 0.15) is 12.8 Å². The number of carboxylic acids is 2. The fourth-order valence-corrected chi connectivity index (χ4v) is 1.55. The van der Waals surface area contributed by atoms with Gasteiger partial charge in [0.15, 0.2) is 0 Å². The molecule has 0 aliphatic rings. The Hall–Kier alpha value is -2.65. The molecular formula is C10H13N3O7. The Labute approximate surface area is 111 Å². The van der Waals surface area contributed by atoms with E-state index in [2.05, 4.69) is 0 Å². The summed E-state index contributed by atoms with van der Waals surface area (Å²) in [5, 5.41) is 17.1. The number of carboxylic acid groups (broad SMARTS) is 2. The Morgan fingerprint density at radius 2 is 1.20 bits per heavy atom. The first kappa shape index (κ1) is 15.4. The molecule has 0 aliphatic carbocycles. The van der Waals surface area contributed by atoms with Crippen molar-refractivity contribution in [1.82, 2.24) is 13.7 Å². The van der Waals surface area contributed by atoms with E-state index in [4.69, 9.17) is 10.2 Å². The van der Waals surface area contributed by atoms with E-state index in [1.54, 1.807) is 0 Å². The second kappa shape index (κ2) is 5.99. The highest BCUT2D eigenvalue weighted by Crippen LogP contribution is 1.85. The first-order chi connectivity index (χ1) is 9.25. The third kappa shape index (κ3) is 3.22. The molecule has 0 radical (unpaired) electrons. The number of hydrogen-bond donors (Lipinski definition) is 2. The highest BCUT2D eigenvalue weighted by atomic mass is 16.4. The summed E-state index contributed by atoms with van der Waals surface area (Å²) in [6.07, 6.45) is -0.932. The zero-order valence-corrected chi connectivity index (χ0v) is 10.6. The molecule has 0 fully saturated rings. The van der Waals surface area contributed by atoms with Crippen molar-refractivity contribution in [1.29, 1.82) is 0 Å². The van der Waals surface area contributed by atoms with E-state index >= 15 is 0 Å². The van der Waals surface area contributed by atoms with Crippen LogP contribution < -0.4 is 17.1 Å². The molecule has 0 atom stereocenters. The van der Waals surface area contributed by atoms with Crippen LogP contribution in [0.5, 0.6) is 0 Å². The summed E-state index contributed by atoms with van der Waals surface area (Å²) >= 11 is 0. The normalized spacial score (nSPS) is 10.4. The average Bonchev–Trinajstić information content (AvgIpc) is 2.35. The van der Waals surface area contributed by atoms with Crippen LogP contribution in [0.25, 0.3) is 0 Å². The molecule has 1 rings (SSSR count). The minimum atomic E-state index is -1.21. The van der Waals surface area contributed by atoms with Gasteiger partial charge in [0.2, 0.25) is 0 Å². The zero-order valence-electron chi connectivity index (χ0n) is 10.6. The molecule has 10 heteroatoms. The van der Waals surface area contributed by atoms with Gasteiger partial charge in [0.1, 0.15) is 0 Å². The van der Waals surface area contributed by atoms with Crippen LogP contribution in [0, 0.1) is 0 Å². The summed E-state index contributed by atoms with van der Waals surface area (Å²) in [5.74, 6) is -2.41. The first-order valence-electron chi connectivity index (χ1n) is 5.60. The molecule has 20 heavy (non-hydrogen) atoms. The van der Waals surface area contributed by atoms with Crippen LogP contribution in [0.15, 0.2) is 14.4 Å². The van der Waals surface area contributed by atoms with Crippen LogP contribution in [-0.4, -0.2) is 35.9 Å². The molecule has 0 aromatic carbocycles. The van der Waals surface area contributed by atoms with E-state index in [1.165, 1.54) is 0 Å². The van der Waals surface area contributed by atoms with Gasteiger partial charge in [0.05, 0.1) is 12.8 Å². The Morgan fingerprint density at radius 1 is 0.850 bits per heavy atom. The molecule has 0 amide bonds. The molecular weight excluding hydrogens is 274 g/mol. The third-order valence-corrected chi connectivity index (χ3v) is 2.60. The molecule has 0 bridgehead atoms. The quantitative estimate of drug-likeness (QED) is 0.597. The summed E-state index contributed by atoms with van der Waals surface area (Å²) in [5.41, 5.74) is -2.89. The van der Waals surface area contributed by atoms with Gasteiger partial charge in [-0.1, -0.05) is 0 Å². The van der Waals surface area contributed by atoms with Gasteiger partial charge in [-0.05, 0) is 0 Å². The molecule has 1 aromatic rings. The fourth-order valence-electron chi connectivity index (χ4n) is 1.55. The van der Waals surface area contributed by atoms with Crippen molar-refractivity contribution in [2.75, 3.05) is 0 Å². The maximum Gasteiger partial charge on any atom is 0.336 e. The van der Waals surface area contributed by atoms with Crippen LogP contribution in [0.3, 0.4) is 0 Å². The summed E-state index contributed by atoms with van der Waals surface area (Å²) in [7, 11) is 1.12. The van der Waals surface area contributed by atoms with Gasteiger partial charge in [-0.2, -0.15) is 0 Å². The maximum atomic E-state index is 11.9. The van der Waals surface area contributed by atoms with Crippen molar-refractivity contribution < 1.29 is 19.8 Å². The van der Waals surface area contributed by atoms with Crippen molar-refractivity contribution in [2.24, 2.45) is 7.05 Å². The monoisotopic (exact) mass is 287 g/mol. The SMILES string of the molecule is Cn1c(=O)n(CCC(=O)O)c(=O)n(CCC(=O)O)c1=O. The van der Waals surface area contributed by atoms with E-state index in [1.807, 2.05) is 0 Å². The number of carbonyl (C=O) groups is 2. The second-order valence-electron chi connectivity index (χ2n) is 4.00. The number of rotatable bonds is 6. The lowest BCUT2D eigenvalue weighted by atomic mass is 10.4. The lowest BCUT2D eigenvalue weighted by Crippen LogP contribution is -2.54. The van der Waals surface area contributed by atoms with Gasteiger partial charge >= 0.3 is 29.0 Å². The van der Waals surface area contributed by atoms with Crippen molar-refractivity contribution in [3.05, 3.63) is 31.5 Å². The Kier molecular flexibility index (Phi) is 4.62. The van der Waals surface area contributed by atoms with Gasteiger partial charge in [0.25, 0.3) is 0 Å². The lowest BCUT2D eigenvalue weighted by molar-refractivity contribution is -0.138. The van der Waals surface area contributed by atoms with E-state index < -0.39 is 54.9 Å². The first-order valence-corrected chi connectivity index (χ1v) is 5.60. The molecule has 0 saturated carbocycles. The molecule has 0 unspecified atom stereocenters. The van der Waals surface area contributed by atoms with Crippen molar-refractivity contribution in [3.8, 4) is 0 Å². The topological polar surface area (TPSA) is 141 Å². The Balaban J connectivity index is 3.35. The predicted molar refractivity (Wildman–Crippen MR) is 64.7 cm³/mol. The molecule has 1 aromatic heterocycles. The standard InChI is InChI=1S/C10H13N3O7/c1-11-8(18)12(4-2-6(14)15)10(20)13(9(11)19)5-3-7(16)17/h2-5H2,1H3,(H,14,15)(H,16,17). The fraction of sp³-hybridized carbons (Fsp3) is 0.500. The average molecular weight is 287 g/mol. The van der Waals surface area contributed by atoms with Gasteiger partial charge in [-0.15, -0.1) is 0 Å². The molecule has 0 aliphatic heterocycles. The minimum Gasteiger partial charge on any atom is -0.481 e. The van der Waals surface area contributed by atoms with Crippen LogP contribution >= 0.6 is 0 Å². The summed E-state index contributed by atoms with van der Waals surface area (Å²) in [6, 6.07) is 0. The molecule has 110 valence electrons. The number of hydrogen-bond acceptors (Lipinski definition) is 5. The van der Waals surface area contributed by atoms with Crippen LogP contribution in [0.4, 0.5) is 0 Å². The van der Waals surface area contributed by atoms with E-state index in [9.17, 15) is 24.0 Å². The van der Waals surface area contributed by atoms with Crippen molar-refractivity contribution >= 4 is 11.9 Å². The van der Waals surface area contributed by atoms with Crippen molar-refractivity contribution in [2.45, 2.75) is 25.9 Å². The van der Waals surface area contributed by atoms with Gasteiger partial charge in [-0.25, -0.2) is 28.1 Å². The number of aromatic nitrogens is 3. The maximum absolute atomic E-state index is 11.9. The van der Waals surface area contributed by atoms with E-state index in [0.29, 0.717) is 13.7 Å². The third-order valence-electron chi connectivity index (χ3n) is 2.60. The highest BCUT2D eigenvalue weighted by Gasteiger charge is 2.14. The lowest BCUT2D eigenvalue weighted by Gasteiger charge is -2.10. The number of nitrogens with zero attached hydrogens (tertiary/aromatic N) is 3. The second-order valence-corrected chi connectivity index (χ2v) is 4.00. The van der Waals surface area contributed by atoms with E-state index in [0.717, 1.165) is 7.05 Å². The summed E-state index contributed by atoms with van der Waals surface area (Å²) < 4.78 is 1.82.